The predicted molar refractivity (Wildman–Crippen MR) is 139 cm³/mol. The maximum Gasteiger partial charge on any atom is 0.150 e. The van der Waals surface area contributed by atoms with Crippen molar-refractivity contribution < 1.29 is 9.53 Å². The van der Waals surface area contributed by atoms with E-state index in [0.717, 1.165) is 33.4 Å². The number of hydrogen-bond donors (Lipinski definition) is 1. The first-order valence-corrected chi connectivity index (χ1v) is 12.1. The van der Waals surface area contributed by atoms with E-state index in [0.29, 0.717) is 31.2 Å². The Morgan fingerprint density at radius 3 is 2.44 bits per heavy atom. The van der Waals surface area contributed by atoms with Gasteiger partial charge in [0.2, 0.25) is 0 Å². The molecule has 0 atom stereocenters. The van der Waals surface area contributed by atoms with Crippen LogP contribution in [0.15, 0.2) is 77.3 Å². The number of ether oxygens (including phenoxy) is 1. The van der Waals surface area contributed by atoms with Crippen LogP contribution in [-0.2, 0) is 5.54 Å². The van der Waals surface area contributed by atoms with Crippen LogP contribution in [0.4, 0.5) is 11.4 Å². The van der Waals surface area contributed by atoms with E-state index in [-0.39, 0.29) is 0 Å². The highest BCUT2D eigenvalue weighted by Crippen LogP contribution is 2.48. The Kier molecular flexibility index (Phi) is 6.95. The summed E-state index contributed by atoms with van der Waals surface area (Å²) in [4.78, 5) is 14.3. The van der Waals surface area contributed by atoms with Crippen molar-refractivity contribution in [2.24, 2.45) is 0 Å². The molecule has 0 heterocycles. The molecule has 174 valence electrons. The number of anilines is 2. The second-order valence-corrected chi connectivity index (χ2v) is 9.74. The summed E-state index contributed by atoms with van der Waals surface area (Å²) in [6.45, 7) is 0. The van der Waals surface area contributed by atoms with Gasteiger partial charge < -0.3 is 15.0 Å². The molecule has 1 aliphatic carbocycles. The minimum atomic E-state index is -0.685. The number of carbonyl (C=O) groups is 1. The average molecular weight is 518 g/mol. The number of carbonyl (C=O) groups excluding carboxylic acids is 1. The van der Waals surface area contributed by atoms with Crippen LogP contribution in [0.2, 0.25) is 0 Å². The van der Waals surface area contributed by atoms with Gasteiger partial charge in [0.25, 0.3) is 0 Å². The van der Waals surface area contributed by atoms with Crippen LogP contribution in [0.3, 0.4) is 0 Å². The highest BCUT2D eigenvalue weighted by molar-refractivity contribution is 9.10. The molecule has 0 saturated heterocycles. The number of nitrogens with zero attached hydrogens (tertiary/aromatic N) is 2. The largest absolute Gasteiger partial charge is 0.497 e. The van der Waals surface area contributed by atoms with Crippen LogP contribution in [0.5, 0.6) is 5.75 Å². The molecule has 1 fully saturated rings. The number of methoxy groups -OCH3 is 1. The summed E-state index contributed by atoms with van der Waals surface area (Å²) in [7, 11) is 3.73. The highest BCUT2D eigenvalue weighted by atomic mass is 79.9. The Morgan fingerprint density at radius 2 is 1.76 bits per heavy atom. The van der Waals surface area contributed by atoms with Gasteiger partial charge in [-0.1, -0.05) is 52.3 Å². The molecule has 0 amide bonds. The van der Waals surface area contributed by atoms with Gasteiger partial charge >= 0.3 is 0 Å². The molecule has 0 bridgehead atoms. The van der Waals surface area contributed by atoms with E-state index in [1.807, 2.05) is 66.7 Å². The van der Waals surface area contributed by atoms with Gasteiger partial charge in [0.15, 0.2) is 0 Å². The van der Waals surface area contributed by atoms with E-state index in [2.05, 4.69) is 45.3 Å². The van der Waals surface area contributed by atoms with Crippen molar-refractivity contribution >= 4 is 33.6 Å². The maximum atomic E-state index is 12.0. The van der Waals surface area contributed by atoms with E-state index < -0.39 is 11.1 Å². The minimum absolute atomic E-state index is 0.441. The highest BCUT2D eigenvalue weighted by Gasteiger charge is 2.47. The van der Waals surface area contributed by atoms with Gasteiger partial charge in [-0.05, 0) is 61.6 Å². The van der Waals surface area contributed by atoms with E-state index >= 15 is 0 Å². The number of halogens is 1. The Hall–Kier alpha value is -3.30. The Morgan fingerprint density at radius 1 is 1.03 bits per heavy atom. The fourth-order valence-electron chi connectivity index (χ4n) is 5.07. The van der Waals surface area contributed by atoms with E-state index in [9.17, 15) is 10.1 Å². The zero-order valence-corrected chi connectivity index (χ0v) is 21.0. The van der Waals surface area contributed by atoms with Crippen molar-refractivity contribution in [2.45, 2.75) is 36.8 Å². The Bertz CT molecular complexity index is 1210. The quantitative estimate of drug-likeness (QED) is 0.360. The zero-order chi connectivity index (χ0) is 24.2. The summed E-state index contributed by atoms with van der Waals surface area (Å²) in [6.07, 6.45) is 3.62. The summed E-state index contributed by atoms with van der Waals surface area (Å²) >= 11 is 3.51. The molecular weight excluding hydrogens is 490 g/mol. The monoisotopic (exact) mass is 517 g/mol. The molecule has 6 heteroatoms. The lowest BCUT2D eigenvalue weighted by atomic mass is 9.67. The minimum Gasteiger partial charge on any atom is -0.497 e. The van der Waals surface area contributed by atoms with Crippen molar-refractivity contribution in [1.82, 2.24) is 0 Å². The third kappa shape index (κ3) is 4.53. The average Bonchev–Trinajstić information content (AvgIpc) is 2.89. The molecule has 0 aliphatic heterocycles. The summed E-state index contributed by atoms with van der Waals surface area (Å²) in [5.41, 5.74) is 2.46. The van der Waals surface area contributed by atoms with Gasteiger partial charge in [0.1, 0.15) is 17.6 Å². The van der Waals surface area contributed by atoms with Crippen molar-refractivity contribution in [3.8, 4) is 11.8 Å². The normalized spacial score (nSPS) is 21.8. The number of nitriles is 1. The second-order valence-electron chi connectivity index (χ2n) is 8.83. The summed E-state index contributed by atoms with van der Waals surface area (Å²) in [5, 5.41) is 13.7. The molecule has 0 aromatic heterocycles. The van der Waals surface area contributed by atoms with Crippen LogP contribution in [0.1, 0.15) is 41.6 Å². The molecule has 0 radical (unpaired) electrons. The maximum absolute atomic E-state index is 12.0. The SMILES string of the molecule is COc1cccc(N(C)C2(c3ccccc3C=O)CCC(C#N)(Nc3cccc(Br)c3)CC2)c1. The lowest BCUT2D eigenvalue weighted by Gasteiger charge is -2.50. The molecule has 4 rings (SSSR count). The third-order valence-electron chi connectivity index (χ3n) is 7.02. The number of benzene rings is 3. The predicted octanol–water partition coefficient (Wildman–Crippen LogP) is 6.55. The first-order valence-electron chi connectivity index (χ1n) is 11.3. The summed E-state index contributed by atoms with van der Waals surface area (Å²) in [6, 6.07) is 26.2. The standard InChI is InChI=1S/C28H28BrN3O2/c1-32(24-10-6-11-25(18-24)34-2)28(26-12-4-3-7-21(26)19-33)15-13-27(20-30,14-16-28)31-23-9-5-8-22(29)17-23/h3-12,17-19,31H,13-16H2,1-2H3. The van der Waals surface area contributed by atoms with Crippen LogP contribution in [0, 0.1) is 11.3 Å². The number of aldehydes is 1. The van der Waals surface area contributed by atoms with E-state index in [1.54, 1.807) is 7.11 Å². The molecule has 5 nitrogen and oxygen atoms in total. The molecule has 1 saturated carbocycles. The van der Waals surface area contributed by atoms with Gasteiger partial charge in [-0.2, -0.15) is 5.26 Å². The van der Waals surface area contributed by atoms with Crippen molar-refractivity contribution in [1.29, 1.82) is 5.26 Å². The number of hydrogen-bond acceptors (Lipinski definition) is 5. The third-order valence-corrected chi connectivity index (χ3v) is 7.52. The molecule has 1 N–H and O–H groups in total. The zero-order valence-electron chi connectivity index (χ0n) is 19.4. The van der Waals surface area contributed by atoms with E-state index in [4.69, 9.17) is 4.74 Å². The molecule has 1 aliphatic rings. The lowest BCUT2D eigenvalue weighted by molar-refractivity contribution is 0.111. The lowest BCUT2D eigenvalue weighted by Crippen LogP contribution is -2.53. The van der Waals surface area contributed by atoms with Crippen molar-refractivity contribution in [3.63, 3.8) is 0 Å². The number of rotatable bonds is 7. The van der Waals surface area contributed by atoms with E-state index in [1.165, 1.54) is 0 Å². The molecular formula is C28H28BrN3O2. The van der Waals surface area contributed by atoms with Crippen LogP contribution >= 0.6 is 15.9 Å². The first kappa shape index (κ1) is 23.8. The van der Waals surface area contributed by atoms with Gasteiger partial charge in [-0.25, -0.2) is 0 Å². The molecule has 34 heavy (non-hydrogen) atoms. The van der Waals surface area contributed by atoms with Gasteiger partial charge in [-0.15, -0.1) is 0 Å². The van der Waals surface area contributed by atoms with Crippen molar-refractivity contribution in [2.75, 3.05) is 24.4 Å². The van der Waals surface area contributed by atoms with Crippen LogP contribution in [-0.4, -0.2) is 26.0 Å². The summed E-state index contributed by atoms with van der Waals surface area (Å²) in [5.74, 6) is 0.779. The fourth-order valence-corrected chi connectivity index (χ4v) is 5.47. The van der Waals surface area contributed by atoms with Gasteiger partial charge in [0, 0.05) is 34.5 Å². The van der Waals surface area contributed by atoms with Crippen molar-refractivity contribution in [3.05, 3.63) is 88.4 Å². The Balaban J connectivity index is 1.73. The molecule has 3 aromatic rings. The second kappa shape index (κ2) is 9.90. The van der Waals surface area contributed by atoms with Crippen LogP contribution in [0.25, 0.3) is 0 Å². The molecule has 0 spiro atoms. The smallest absolute Gasteiger partial charge is 0.150 e. The fraction of sp³-hybridized carbons (Fsp3) is 0.286. The van der Waals surface area contributed by atoms with Gasteiger partial charge in [-0.3, -0.25) is 4.79 Å². The Labute approximate surface area is 209 Å². The number of nitrogens with one attached hydrogen (secondary N) is 1. The van der Waals surface area contributed by atoms with Gasteiger partial charge in [0.05, 0.1) is 18.7 Å². The summed E-state index contributed by atoms with van der Waals surface area (Å²) < 4.78 is 6.43. The molecule has 3 aromatic carbocycles. The molecule has 0 unspecified atom stereocenters. The first-order chi connectivity index (χ1) is 16.4. The van der Waals surface area contributed by atoms with Crippen LogP contribution < -0.4 is 15.0 Å². The topological polar surface area (TPSA) is 65.4 Å².